The lowest BCUT2D eigenvalue weighted by Gasteiger charge is -2.16. The molecule has 0 saturated carbocycles. The zero-order chi connectivity index (χ0) is 21.0. The zero-order valence-electron chi connectivity index (χ0n) is 15.1. The molecule has 0 aliphatic carbocycles. The number of benzene rings is 2. The second-order valence-electron chi connectivity index (χ2n) is 6.12. The normalized spacial score (nSPS) is 11.6. The van der Waals surface area contributed by atoms with Crippen LogP contribution in [-0.2, 0) is 0 Å². The number of hydrogen-bond donors (Lipinski definition) is 3. The molecule has 0 bridgehead atoms. The van der Waals surface area contributed by atoms with Crippen molar-refractivity contribution in [2.75, 3.05) is 10.6 Å². The van der Waals surface area contributed by atoms with Crippen LogP contribution in [0.25, 0.3) is 0 Å². The Kier molecular flexibility index (Phi) is 6.69. The van der Waals surface area contributed by atoms with Crippen LogP contribution in [0.2, 0.25) is 15.1 Å². The zero-order valence-corrected chi connectivity index (χ0v) is 17.4. The Morgan fingerprint density at radius 2 is 1.72 bits per heavy atom. The van der Waals surface area contributed by atoms with Crippen molar-refractivity contribution in [2.24, 2.45) is 0 Å². The van der Waals surface area contributed by atoms with Crippen molar-refractivity contribution < 1.29 is 14.0 Å². The summed E-state index contributed by atoms with van der Waals surface area (Å²) in [6.45, 7) is 1.82. The summed E-state index contributed by atoms with van der Waals surface area (Å²) >= 11 is 18.1. The van der Waals surface area contributed by atoms with Gasteiger partial charge in [0, 0.05) is 5.69 Å². The minimum atomic E-state index is -0.425. The molecule has 1 unspecified atom stereocenters. The van der Waals surface area contributed by atoms with Crippen molar-refractivity contribution in [3.05, 3.63) is 81.2 Å². The molecule has 0 radical (unpaired) electrons. The van der Waals surface area contributed by atoms with Crippen LogP contribution in [0.1, 0.15) is 29.1 Å². The number of hydrogen-bond acceptors (Lipinski definition) is 3. The fourth-order valence-electron chi connectivity index (χ4n) is 2.51. The summed E-state index contributed by atoms with van der Waals surface area (Å²) in [6, 6.07) is 12.3. The van der Waals surface area contributed by atoms with E-state index in [4.69, 9.17) is 39.2 Å². The number of amides is 3. The first-order valence-electron chi connectivity index (χ1n) is 8.50. The first kappa shape index (κ1) is 21.0. The fourth-order valence-corrected chi connectivity index (χ4v) is 3.05. The molecule has 6 nitrogen and oxygen atoms in total. The van der Waals surface area contributed by atoms with E-state index in [9.17, 15) is 9.59 Å². The van der Waals surface area contributed by atoms with E-state index >= 15 is 0 Å². The topological polar surface area (TPSA) is 83.4 Å². The Morgan fingerprint density at radius 3 is 2.38 bits per heavy atom. The van der Waals surface area contributed by atoms with E-state index in [0.29, 0.717) is 21.4 Å². The highest BCUT2D eigenvalue weighted by molar-refractivity contribution is 6.42. The third kappa shape index (κ3) is 5.44. The highest BCUT2D eigenvalue weighted by atomic mass is 35.5. The van der Waals surface area contributed by atoms with Gasteiger partial charge in [-0.2, -0.15) is 0 Å². The van der Waals surface area contributed by atoms with Gasteiger partial charge in [-0.05, 0) is 55.0 Å². The summed E-state index contributed by atoms with van der Waals surface area (Å²) in [5.41, 5.74) is 1.66. The van der Waals surface area contributed by atoms with Crippen molar-refractivity contribution in [1.29, 1.82) is 0 Å². The van der Waals surface area contributed by atoms with Crippen LogP contribution >= 0.6 is 34.8 Å². The monoisotopic (exact) mass is 451 g/mol. The van der Waals surface area contributed by atoms with Gasteiger partial charge in [-0.1, -0.05) is 40.9 Å². The summed E-state index contributed by atoms with van der Waals surface area (Å²) < 4.78 is 5.04. The highest BCUT2D eigenvalue weighted by Crippen LogP contribution is 2.27. The Labute approximate surface area is 182 Å². The van der Waals surface area contributed by atoms with E-state index in [-0.39, 0.29) is 16.8 Å². The number of rotatable bonds is 5. The van der Waals surface area contributed by atoms with Gasteiger partial charge < -0.3 is 20.4 Å². The third-order valence-electron chi connectivity index (χ3n) is 4.01. The van der Waals surface area contributed by atoms with E-state index in [0.717, 1.165) is 5.56 Å². The second-order valence-corrected chi connectivity index (χ2v) is 7.34. The van der Waals surface area contributed by atoms with Gasteiger partial charge >= 0.3 is 6.03 Å². The van der Waals surface area contributed by atoms with E-state index in [2.05, 4.69) is 16.0 Å². The molecular formula is C20H16Cl3N3O3. The van der Waals surface area contributed by atoms with E-state index < -0.39 is 11.9 Å². The van der Waals surface area contributed by atoms with Gasteiger partial charge in [0.05, 0.1) is 33.1 Å². The SMILES string of the molecule is CC(NC(=O)Nc1ccc(NC(=O)c2ccco2)c(Cl)c1)c1ccc(Cl)c(Cl)c1. The van der Waals surface area contributed by atoms with E-state index in [1.807, 2.05) is 6.92 Å². The van der Waals surface area contributed by atoms with Crippen LogP contribution in [-0.4, -0.2) is 11.9 Å². The first-order valence-corrected chi connectivity index (χ1v) is 9.64. The average molecular weight is 453 g/mol. The summed E-state index contributed by atoms with van der Waals surface area (Å²) in [4.78, 5) is 24.3. The molecular weight excluding hydrogens is 437 g/mol. The molecule has 1 atom stereocenters. The molecule has 0 fully saturated rings. The quantitative estimate of drug-likeness (QED) is 0.420. The van der Waals surface area contributed by atoms with Gasteiger partial charge in [-0.3, -0.25) is 4.79 Å². The Balaban J connectivity index is 1.61. The molecule has 2 aromatic carbocycles. The lowest BCUT2D eigenvalue weighted by Crippen LogP contribution is -2.31. The van der Waals surface area contributed by atoms with Gasteiger partial charge in [-0.15, -0.1) is 0 Å². The van der Waals surface area contributed by atoms with Crippen LogP contribution < -0.4 is 16.0 Å². The molecule has 150 valence electrons. The van der Waals surface area contributed by atoms with Crippen LogP contribution in [0.3, 0.4) is 0 Å². The van der Waals surface area contributed by atoms with Crippen molar-refractivity contribution in [1.82, 2.24) is 5.32 Å². The maximum absolute atomic E-state index is 12.3. The second kappa shape index (κ2) is 9.22. The number of furan rings is 1. The van der Waals surface area contributed by atoms with Crippen LogP contribution in [0.5, 0.6) is 0 Å². The molecule has 0 aliphatic rings. The predicted molar refractivity (Wildman–Crippen MR) is 115 cm³/mol. The highest BCUT2D eigenvalue weighted by Gasteiger charge is 2.14. The smallest absolute Gasteiger partial charge is 0.319 e. The molecule has 9 heteroatoms. The van der Waals surface area contributed by atoms with Crippen molar-refractivity contribution in [2.45, 2.75) is 13.0 Å². The van der Waals surface area contributed by atoms with Gasteiger partial charge in [0.25, 0.3) is 5.91 Å². The third-order valence-corrected chi connectivity index (χ3v) is 5.06. The maximum atomic E-state index is 12.3. The summed E-state index contributed by atoms with van der Waals surface area (Å²) in [5.74, 6) is -0.260. The van der Waals surface area contributed by atoms with Crippen LogP contribution in [0, 0.1) is 0 Å². The molecule has 29 heavy (non-hydrogen) atoms. The van der Waals surface area contributed by atoms with E-state index in [1.165, 1.54) is 12.3 Å². The largest absolute Gasteiger partial charge is 0.459 e. The van der Waals surface area contributed by atoms with Gasteiger partial charge in [0.2, 0.25) is 0 Å². The Hall–Kier alpha value is -2.67. The molecule has 3 N–H and O–H groups in total. The Morgan fingerprint density at radius 1 is 0.931 bits per heavy atom. The average Bonchev–Trinajstić information content (AvgIpc) is 3.21. The van der Waals surface area contributed by atoms with Crippen molar-refractivity contribution in [3.8, 4) is 0 Å². The van der Waals surface area contributed by atoms with Crippen LogP contribution in [0.4, 0.5) is 16.2 Å². The summed E-state index contributed by atoms with van der Waals surface area (Å²) in [5, 5.41) is 9.26. The predicted octanol–water partition coefficient (Wildman–Crippen LogP) is 6.37. The standard InChI is InChI=1S/C20H16Cl3N3O3/c1-11(12-4-6-14(21)15(22)9-12)24-20(28)25-13-5-7-17(16(23)10-13)26-19(27)18-3-2-8-29-18/h2-11H,1H3,(H,26,27)(H2,24,25,28). The molecule has 1 heterocycles. The van der Waals surface area contributed by atoms with E-state index in [1.54, 1.807) is 42.5 Å². The lowest BCUT2D eigenvalue weighted by atomic mass is 10.1. The number of carbonyl (C=O) groups is 2. The van der Waals surface area contributed by atoms with Crippen molar-refractivity contribution >= 4 is 58.1 Å². The number of anilines is 2. The maximum Gasteiger partial charge on any atom is 0.319 e. The minimum Gasteiger partial charge on any atom is -0.459 e. The molecule has 3 aromatic rings. The molecule has 3 rings (SSSR count). The Bertz CT molecular complexity index is 1040. The molecule has 3 amide bonds. The first-order chi connectivity index (χ1) is 13.8. The van der Waals surface area contributed by atoms with Gasteiger partial charge in [0.15, 0.2) is 5.76 Å². The molecule has 0 saturated heterocycles. The summed E-state index contributed by atoms with van der Waals surface area (Å²) in [6.07, 6.45) is 1.40. The number of carbonyl (C=O) groups excluding carboxylic acids is 2. The van der Waals surface area contributed by atoms with Crippen molar-refractivity contribution in [3.63, 3.8) is 0 Å². The molecule has 1 aromatic heterocycles. The number of nitrogens with one attached hydrogen (secondary N) is 3. The minimum absolute atomic E-state index is 0.166. The summed E-state index contributed by atoms with van der Waals surface area (Å²) in [7, 11) is 0. The lowest BCUT2D eigenvalue weighted by molar-refractivity contribution is 0.0996. The molecule has 0 aliphatic heterocycles. The number of urea groups is 1. The number of halogens is 3. The van der Waals surface area contributed by atoms with Gasteiger partial charge in [0.1, 0.15) is 0 Å². The fraction of sp³-hybridized carbons (Fsp3) is 0.100. The molecule has 0 spiro atoms. The van der Waals surface area contributed by atoms with Gasteiger partial charge in [-0.25, -0.2) is 4.79 Å². The van der Waals surface area contributed by atoms with Crippen LogP contribution in [0.15, 0.2) is 59.2 Å².